The molecule has 1 atom stereocenters. The highest BCUT2D eigenvalue weighted by Gasteiger charge is 2.17. The van der Waals surface area contributed by atoms with Gasteiger partial charge in [0.25, 0.3) is 5.69 Å². The zero-order valence-corrected chi connectivity index (χ0v) is 12.0. The molecule has 1 N–H and O–H groups in total. The van der Waals surface area contributed by atoms with Crippen LogP contribution >= 0.6 is 0 Å². The molecular weight excluding hydrogens is 258 g/mol. The fourth-order valence-corrected chi connectivity index (χ4v) is 2.61. The number of nitrogens with one attached hydrogen (secondary N) is 1. The number of piperidine rings is 1. The molecule has 1 aromatic rings. The van der Waals surface area contributed by atoms with Crippen LogP contribution in [0.2, 0.25) is 0 Å². The summed E-state index contributed by atoms with van der Waals surface area (Å²) >= 11 is 0. The van der Waals surface area contributed by atoms with E-state index in [0.29, 0.717) is 11.7 Å². The molecule has 0 saturated carbocycles. The highest BCUT2D eigenvalue weighted by Crippen LogP contribution is 2.26. The van der Waals surface area contributed by atoms with Crippen molar-refractivity contribution in [3.8, 4) is 5.75 Å². The van der Waals surface area contributed by atoms with E-state index in [1.807, 2.05) is 0 Å². The van der Waals surface area contributed by atoms with E-state index in [-0.39, 0.29) is 5.69 Å². The van der Waals surface area contributed by atoms with E-state index < -0.39 is 4.92 Å². The van der Waals surface area contributed by atoms with Crippen molar-refractivity contribution < 1.29 is 9.66 Å². The van der Waals surface area contributed by atoms with E-state index in [0.717, 1.165) is 25.3 Å². The molecule has 1 saturated heterocycles. The minimum atomic E-state index is -0.401. The van der Waals surface area contributed by atoms with Crippen molar-refractivity contribution in [2.24, 2.45) is 5.92 Å². The maximum absolute atomic E-state index is 10.9. The number of benzene rings is 1. The first-order valence-electron chi connectivity index (χ1n) is 6.84. The zero-order chi connectivity index (χ0) is 14.5. The number of likely N-dealkylation sites (tertiary alicyclic amines) is 1. The van der Waals surface area contributed by atoms with Gasteiger partial charge in [-0.05, 0) is 32.4 Å². The fourth-order valence-electron chi connectivity index (χ4n) is 2.61. The molecule has 6 nitrogen and oxygen atoms in total. The van der Waals surface area contributed by atoms with Crippen molar-refractivity contribution in [1.29, 1.82) is 0 Å². The smallest absolute Gasteiger partial charge is 0.275 e. The van der Waals surface area contributed by atoms with E-state index >= 15 is 0 Å². The Kier molecular flexibility index (Phi) is 4.79. The molecule has 2 rings (SSSR count). The maximum atomic E-state index is 10.9. The maximum Gasteiger partial charge on any atom is 0.275 e. The number of nitro benzene ring substituents is 1. The van der Waals surface area contributed by atoms with Gasteiger partial charge in [-0.1, -0.05) is 0 Å². The second-order valence-corrected chi connectivity index (χ2v) is 5.33. The quantitative estimate of drug-likeness (QED) is 0.662. The van der Waals surface area contributed by atoms with Crippen LogP contribution in [0.15, 0.2) is 18.2 Å². The summed E-state index contributed by atoms with van der Waals surface area (Å²) in [7, 11) is 3.64. The van der Waals surface area contributed by atoms with Crippen molar-refractivity contribution >= 4 is 11.4 Å². The van der Waals surface area contributed by atoms with Crippen molar-refractivity contribution in [1.82, 2.24) is 4.90 Å². The van der Waals surface area contributed by atoms with Gasteiger partial charge in [0.05, 0.1) is 18.1 Å². The Bertz CT molecular complexity index is 479. The lowest BCUT2D eigenvalue weighted by atomic mass is 9.98. The van der Waals surface area contributed by atoms with Crippen LogP contribution in [0.3, 0.4) is 0 Å². The van der Waals surface area contributed by atoms with Crippen LogP contribution in [0.25, 0.3) is 0 Å². The van der Waals surface area contributed by atoms with E-state index in [2.05, 4.69) is 17.3 Å². The number of rotatable bonds is 5. The third-order valence-corrected chi connectivity index (χ3v) is 3.65. The molecule has 0 bridgehead atoms. The van der Waals surface area contributed by atoms with Gasteiger partial charge in [-0.25, -0.2) is 0 Å². The molecule has 6 heteroatoms. The SMILES string of the molecule is COc1cc(NCC2CCCN(C)C2)cc([N+](=O)[O-])c1. The number of nitro groups is 1. The summed E-state index contributed by atoms with van der Waals surface area (Å²) in [4.78, 5) is 12.8. The lowest BCUT2D eigenvalue weighted by molar-refractivity contribution is -0.384. The highest BCUT2D eigenvalue weighted by molar-refractivity contribution is 5.56. The number of non-ortho nitro benzene ring substituents is 1. The molecule has 1 aromatic carbocycles. The first kappa shape index (κ1) is 14.6. The second kappa shape index (κ2) is 6.56. The predicted octanol–water partition coefficient (Wildman–Crippen LogP) is 2.36. The Morgan fingerprint density at radius 3 is 2.95 bits per heavy atom. The molecule has 0 aromatic heterocycles. The summed E-state index contributed by atoms with van der Waals surface area (Å²) in [6, 6.07) is 4.77. The molecule has 20 heavy (non-hydrogen) atoms. The van der Waals surface area contributed by atoms with Crippen LogP contribution in [0.1, 0.15) is 12.8 Å². The monoisotopic (exact) mass is 279 g/mol. The molecule has 0 spiro atoms. The zero-order valence-electron chi connectivity index (χ0n) is 12.0. The second-order valence-electron chi connectivity index (χ2n) is 5.33. The van der Waals surface area contributed by atoms with Gasteiger partial charge in [-0.3, -0.25) is 10.1 Å². The standard InChI is InChI=1S/C14H21N3O3/c1-16-5-3-4-11(10-16)9-15-12-6-13(17(18)19)8-14(7-12)20-2/h6-8,11,15H,3-5,9-10H2,1-2H3. The Balaban J connectivity index is 2.01. The van der Waals surface area contributed by atoms with Crippen LogP contribution in [0, 0.1) is 16.0 Å². The molecule has 1 heterocycles. The average molecular weight is 279 g/mol. The Labute approximate surface area is 118 Å². The summed E-state index contributed by atoms with van der Waals surface area (Å²) in [5, 5.41) is 14.2. The largest absolute Gasteiger partial charge is 0.496 e. The molecule has 1 fully saturated rings. The molecule has 1 aliphatic rings. The number of anilines is 1. The summed E-state index contributed by atoms with van der Waals surface area (Å²) in [6.45, 7) is 3.05. The van der Waals surface area contributed by atoms with Crippen molar-refractivity contribution in [3.05, 3.63) is 28.3 Å². The van der Waals surface area contributed by atoms with E-state index in [9.17, 15) is 10.1 Å². The average Bonchev–Trinajstić information content (AvgIpc) is 2.45. The highest BCUT2D eigenvalue weighted by atomic mass is 16.6. The normalized spacial score (nSPS) is 19.6. The first-order chi connectivity index (χ1) is 9.58. The van der Waals surface area contributed by atoms with Gasteiger partial charge < -0.3 is 15.0 Å². The first-order valence-corrected chi connectivity index (χ1v) is 6.84. The number of hydrogen-bond acceptors (Lipinski definition) is 5. The van der Waals surface area contributed by atoms with Crippen molar-refractivity contribution in [2.45, 2.75) is 12.8 Å². The van der Waals surface area contributed by atoms with E-state index in [4.69, 9.17) is 4.74 Å². The van der Waals surface area contributed by atoms with Crippen LogP contribution in [-0.2, 0) is 0 Å². The van der Waals surface area contributed by atoms with Crippen LogP contribution in [0.5, 0.6) is 5.75 Å². The Morgan fingerprint density at radius 1 is 1.50 bits per heavy atom. The number of hydrogen-bond donors (Lipinski definition) is 1. The number of methoxy groups -OCH3 is 1. The van der Waals surface area contributed by atoms with Crippen molar-refractivity contribution in [2.75, 3.05) is 39.1 Å². The van der Waals surface area contributed by atoms with Crippen LogP contribution < -0.4 is 10.1 Å². The van der Waals surface area contributed by atoms with Crippen LogP contribution in [-0.4, -0.2) is 43.6 Å². The van der Waals surface area contributed by atoms with E-state index in [1.54, 1.807) is 12.1 Å². The molecule has 1 unspecified atom stereocenters. The summed E-state index contributed by atoms with van der Waals surface area (Å²) in [6.07, 6.45) is 2.41. The Hall–Kier alpha value is -1.82. The molecule has 110 valence electrons. The summed E-state index contributed by atoms with van der Waals surface area (Å²) in [5.74, 6) is 1.08. The molecule has 0 amide bonds. The molecule has 0 radical (unpaired) electrons. The third kappa shape index (κ3) is 3.84. The van der Waals surface area contributed by atoms with E-state index in [1.165, 1.54) is 26.0 Å². The van der Waals surface area contributed by atoms with Gasteiger partial charge in [0.15, 0.2) is 0 Å². The number of ether oxygens (including phenoxy) is 1. The van der Waals surface area contributed by atoms with Gasteiger partial charge in [0.1, 0.15) is 5.75 Å². The number of nitrogens with zero attached hydrogens (tertiary/aromatic N) is 2. The predicted molar refractivity (Wildman–Crippen MR) is 78.4 cm³/mol. The Morgan fingerprint density at radius 2 is 2.30 bits per heavy atom. The lowest BCUT2D eigenvalue weighted by Gasteiger charge is -2.29. The molecule has 1 aliphatic heterocycles. The van der Waals surface area contributed by atoms with Crippen LogP contribution in [0.4, 0.5) is 11.4 Å². The van der Waals surface area contributed by atoms with Gasteiger partial charge in [-0.15, -0.1) is 0 Å². The minimum Gasteiger partial charge on any atom is -0.496 e. The topological polar surface area (TPSA) is 67.6 Å². The van der Waals surface area contributed by atoms with Gasteiger partial charge in [-0.2, -0.15) is 0 Å². The summed E-state index contributed by atoms with van der Waals surface area (Å²) < 4.78 is 5.10. The minimum absolute atomic E-state index is 0.0487. The van der Waals surface area contributed by atoms with Crippen molar-refractivity contribution in [3.63, 3.8) is 0 Å². The molecule has 0 aliphatic carbocycles. The summed E-state index contributed by atoms with van der Waals surface area (Å²) in [5.41, 5.74) is 0.789. The van der Waals surface area contributed by atoms with Gasteiger partial charge >= 0.3 is 0 Å². The van der Waals surface area contributed by atoms with Gasteiger partial charge in [0.2, 0.25) is 0 Å². The van der Waals surface area contributed by atoms with Gasteiger partial charge in [0, 0.05) is 30.9 Å². The fraction of sp³-hybridized carbons (Fsp3) is 0.571. The third-order valence-electron chi connectivity index (χ3n) is 3.65. The lowest BCUT2D eigenvalue weighted by Crippen LogP contribution is -2.35. The molecular formula is C14H21N3O3.